The number of carbonyl (C=O) groups is 4. The fourth-order valence-electron chi connectivity index (χ4n) is 11.2. The highest BCUT2D eigenvalue weighted by molar-refractivity contribution is 5.92. The topological polar surface area (TPSA) is 228 Å². The van der Waals surface area contributed by atoms with Gasteiger partial charge in [0.1, 0.15) is 17.3 Å². The molecule has 3 aliphatic rings. The summed E-state index contributed by atoms with van der Waals surface area (Å²) in [5.74, 6) is -6.90. The van der Waals surface area contributed by atoms with Crippen LogP contribution in [0, 0.1) is 23.7 Å². The number of aliphatic hydroxyl groups excluding tert-OH is 1. The maximum Gasteiger partial charge on any atom is 0.365 e. The molecule has 3 saturated heterocycles. The Kier molecular flexibility index (Phi) is 20.2. The van der Waals surface area contributed by atoms with Gasteiger partial charge in [-0.15, -0.1) is 0 Å². The van der Waals surface area contributed by atoms with Gasteiger partial charge in [0.25, 0.3) is 0 Å². The number of carbonyl (C=O) groups excluding carboxylic acids is 4. The number of likely N-dealkylation sites (N-methyl/N-ethyl adjacent to an activating group) is 1. The van der Waals surface area contributed by atoms with Crippen molar-refractivity contribution in [2.75, 3.05) is 21.2 Å². The third kappa shape index (κ3) is 13.9. The molecule has 1 unspecified atom stereocenters. The second-order valence-electron chi connectivity index (χ2n) is 21.8. The standard InChI is InChI=1S/C58H80N2O16/c1-14-43-58(10,67)48(61)35(4)45(59-76-54(65)41-28-22-17-23-29-41)33(2)31-56(8,66)49(75-55-47(42(60(11)12)30-34(3)69-55)73-52(63)39-24-18-15-19-25-39)36(5)46(37(6)51(62)71-43)72-44-32-57(9,68-13)50(38(7)70-44)74-53(64)40-26-20-16-21-27-40/h15-29,33-38,42-44,46-50,55,61,66-67H,14,30-32H2,1-13H3/t33-,34-,35+,36+,37-,38+,42+,43?,44+,46+,47-,48-,49-,50+,55+,56-,57-,58-/m1/s1. The van der Waals surface area contributed by atoms with Crippen molar-refractivity contribution in [3.05, 3.63) is 108 Å². The smallest absolute Gasteiger partial charge is 0.365 e. The molecule has 18 atom stereocenters. The van der Waals surface area contributed by atoms with Crippen molar-refractivity contribution in [2.24, 2.45) is 28.8 Å². The minimum Gasteiger partial charge on any atom is -0.459 e. The number of hydrogen-bond donors (Lipinski definition) is 3. The van der Waals surface area contributed by atoms with E-state index < -0.39 is 132 Å². The number of ether oxygens (including phenoxy) is 8. The van der Waals surface area contributed by atoms with Crippen molar-refractivity contribution < 1.29 is 77.2 Å². The van der Waals surface area contributed by atoms with Gasteiger partial charge in [0.2, 0.25) is 0 Å². The van der Waals surface area contributed by atoms with E-state index in [1.165, 1.54) is 14.0 Å². The average molecular weight is 1060 g/mol. The fourth-order valence-corrected chi connectivity index (χ4v) is 11.2. The normalized spacial score (nSPS) is 37.4. The van der Waals surface area contributed by atoms with Gasteiger partial charge in [-0.2, -0.15) is 0 Å². The predicted molar refractivity (Wildman–Crippen MR) is 280 cm³/mol. The molecular formula is C58H80N2O16. The third-order valence-corrected chi connectivity index (χ3v) is 15.5. The van der Waals surface area contributed by atoms with E-state index in [-0.39, 0.29) is 30.5 Å². The summed E-state index contributed by atoms with van der Waals surface area (Å²) in [6.07, 6.45) is -10.9. The van der Waals surface area contributed by atoms with Gasteiger partial charge in [-0.05, 0) is 111 Å². The number of esters is 3. The first kappa shape index (κ1) is 60.1. The summed E-state index contributed by atoms with van der Waals surface area (Å²) < 4.78 is 51.9. The minimum absolute atomic E-state index is 0.00626. The molecule has 3 aliphatic heterocycles. The molecule has 3 N–H and O–H groups in total. The van der Waals surface area contributed by atoms with Crippen molar-refractivity contribution in [2.45, 2.75) is 179 Å². The molecule has 418 valence electrons. The summed E-state index contributed by atoms with van der Waals surface area (Å²) in [6, 6.07) is 24.8. The number of methoxy groups -OCH3 is 1. The fraction of sp³-hybridized carbons (Fsp3) is 0.603. The van der Waals surface area contributed by atoms with E-state index in [0.717, 1.165) is 0 Å². The van der Waals surface area contributed by atoms with Crippen LogP contribution in [-0.4, -0.2) is 155 Å². The van der Waals surface area contributed by atoms with Crippen molar-refractivity contribution in [1.82, 2.24) is 4.90 Å². The lowest BCUT2D eigenvalue weighted by molar-refractivity contribution is -0.317. The van der Waals surface area contributed by atoms with Gasteiger partial charge in [0.15, 0.2) is 24.8 Å². The van der Waals surface area contributed by atoms with E-state index in [0.29, 0.717) is 17.5 Å². The molecule has 3 aromatic carbocycles. The Bertz CT molecular complexity index is 2420. The van der Waals surface area contributed by atoms with E-state index in [2.05, 4.69) is 5.16 Å². The lowest BCUT2D eigenvalue weighted by Gasteiger charge is -2.49. The molecule has 6 rings (SSSR count). The number of rotatable bonds is 13. The van der Waals surface area contributed by atoms with Gasteiger partial charge < -0.3 is 63.0 Å². The Labute approximate surface area is 447 Å². The molecule has 76 heavy (non-hydrogen) atoms. The summed E-state index contributed by atoms with van der Waals surface area (Å²) in [4.78, 5) is 63.1. The van der Waals surface area contributed by atoms with Crippen LogP contribution < -0.4 is 0 Å². The molecule has 0 bridgehead atoms. The van der Waals surface area contributed by atoms with E-state index in [4.69, 9.17) is 42.7 Å². The van der Waals surface area contributed by atoms with E-state index in [1.54, 1.807) is 146 Å². The second kappa shape index (κ2) is 25.5. The molecule has 0 radical (unpaired) electrons. The Morgan fingerprint density at radius 3 is 1.79 bits per heavy atom. The molecule has 18 heteroatoms. The molecule has 0 saturated carbocycles. The zero-order chi connectivity index (χ0) is 55.9. The van der Waals surface area contributed by atoms with Crippen molar-refractivity contribution in [3.63, 3.8) is 0 Å². The van der Waals surface area contributed by atoms with E-state index in [1.807, 2.05) is 25.9 Å². The highest BCUT2D eigenvalue weighted by Gasteiger charge is 2.55. The van der Waals surface area contributed by atoms with Crippen molar-refractivity contribution in [3.8, 4) is 0 Å². The largest absolute Gasteiger partial charge is 0.459 e. The van der Waals surface area contributed by atoms with E-state index in [9.17, 15) is 34.5 Å². The van der Waals surface area contributed by atoms with Crippen LogP contribution in [0.4, 0.5) is 0 Å². The highest BCUT2D eigenvalue weighted by atomic mass is 16.7. The van der Waals surface area contributed by atoms with Gasteiger partial charge >= 0.3 is 23.9 Å². The summed E-state index contributed by atoms with van der Waals surface area (Å²) >= 11 is 0. The van der Waals surface area contributed by atoms with Gasteiger partial charge in [-0.25, -0.2) is 14.4 Å². The molecule has 0 spiro atoms. The summed E-state index contributed by atoms with van der Waals surface area (Å²) in [7, 11) is 5.21. The highest BCUT2D eigenvalue weighted by Crippen LogP contribution is 2.42. The van der Waals surface area contributed by atoms with Gasteiger partial charge in [0, 0.05) is 31.3 Å². The zero-order valence-electron chi connectivity index (χ0n) is 46.2. The maximum atomic E-state index is 14.8. The lowest BCUT2D eigenvalue weighted by Crippen LogP contribution is -2.62. The van der Waals surface area contributed by atoms with Crippen LogP contribution >= 0.6 is 0 Å². The molecule has 18 nitrogen and oxygen atoms in total. The molecule has 0 aromatic heterocycles. The van der Waals surface area contributed by atoms with Crippen LogP contribution in [0.3, 0.4) is 0 Å². The summed E-state index contributed by atoms with van der Waals surface area (Å²) in [5.41, 5.74) is -4.32. The number of aliphatic hydroxyl groups is 3. The van der Waals surface area contributed by atoms with Gasteiger partial charge in [-0.1, -0.05) is 87.4 Å². The molecule has 0 amide bonds. The number of cyclic esters (lactones) is 1. The van der Waals surface area contributed by atoms with Crippen LogP contribution in [0.2, 0.25) is 0 Å². The Morgan fingerprint density at radius 1 is 0.724 bits per heavy atom. The Hall–Kier alpha value is -5.15. The van der Waals surface area contributed by atoms with Gasteiger partial charge in [-0.3, -0.25) is 4.79 Å². The molecule has 3 heterocycles. The van der Waals surface area contributed by atoms with Crippen LogP contribution in [0.5, 0.6) is 0 Å². The average Bonchev–Trinajstić information content (AvgIpc) is 3.39. The second-order valence-corrected chi connectivity index (χ2v) is 21.8. The molecule has 3 aromatic rings. The van der Waals surface area contributed by atoms with Gasteiger partial charge in [0.05, 0.1) is 70.5 Å². The zero-order valence-corrected chi connectivity index (χ0v) is 46.2. The first-order valence-electron chi connectivity index (χ1n) is 26.4. The first-order valence-corrected chi connectivity index (χ1v) is 26.4. The van der Waals surface area contributed by atoms with Crippen molar-refractivity contribution in [1.29, 1.82) is 0 Å². The molecule has 0 aliphatic carbocycles. The summed E-state index contributed by atoms with van der Waals surface area (Å²) in [6.45, 7) is 16.6. The minimum atomic E-state index is -2.10. The SMILES string of the molecule is CCC1OC(=O)[C@H](C)[C@@H](O[C@H]2C[C@@](C)(OC)[C@@H](OC(=O)c3ccccc3)[C@H](C)O2)[C@H](C)[C@@H](O[C@@H]2O[C@H](C)C[C@H](N(C)C)[C@H]2OC(=O)c2ccccc2)[C@](C)(O)C[C@@H](C)C(=NOC(=O)c2ccccc2)[C@H](C)[C@@H](O)[C@]1(C)O. The number of nitrogens with zero attached hydrogens (tertiary/aromatic N) is 2. The van der Waals surface area contributed by atoms with E-state index >= 15 is 0 Å². The lowest BCUT2D eigenvalue weighted by atomic mass is 9.73. The monoisotopic (exact) mass is 1060 g/mol. The Balaban J connectivity index is 1.47. The van der Waals surface area contributed by atoms with Crippen LogP contribution in [0.1, 0.15) is 126 Å². The molecular weight excluding hydrogens is 981 g/mol. The third-order valence-electron chi connectivity index (χ3n) is 15.5. The van der Waals surface area contributed by atoms with Crippen LogP contribution in [0.15, 0.2) is 96.2 Å². The number of benzene rings is 3. The Morgan fingerprint density at radius 2 is 1.26 bits per heavy atom. The molecule has 3 fully saturated rings. The quantitative estimate of drug-likeness (QED) is 0.0668. The number of oxime groups is 1. The van der Waals surface area contributed by atoms with Crippen LogP contribution in [0.25, 0.3) is 0 Å². The predicted octanol–water partition coefficient (Wildman–Crippen LogP) is 7.16. The maximum absolute atomic E-state index is 14.8. The first-order chi connectivity index (χ1) is 35.8. The number of hydrogen-bond acceptors (Lipinski definition) is 18. The summed E-state index contributed by atoms with van der Waals surface area (Å²) in [5, 5.41) is 42.1. The van der Waals surface area contributed by atoms with Crippen molar-refractivity contribution >= 4 is 29.6 Å². The van der Waals surface area contributed by atoms with Crippen LogP contribution in [-0.2, 0) is 47.5 Å².